The highest BCUT2D eigenvalue weighted by molar-refractivity contribution is 9.09. The van der Waals surface area contributed by atoms with Gasteiger partial charge in [0.15, 0.2) is 10.9 Å². The van der Waals surface area contributed by atoms with Crippen LogP contribution < -0.4 is 0 Å². The number of halogens is 1. The minimum absolute atomic E-state index is 0.0359. The third-order valence-corrected chi connectivity index (χ3v) is 2.42. The first-order valence-electron chi connectivity index (χ1n) is 4.03. The summed E-state index contributed by atoms with van der Waals surface area (Å²) in [6, 6.07) is 6.97. The van der Waals surface area contributed by atoms with Gasteiger partial charge in [-0.2, -0.15) is 0 Å². The van der Waals surface area contributed by atoms with E-state index in [9.17, 15) is 9.59 Å². The number of ketones is 1. The summed E-state index contributed by atoms with van der Waals surface area (Å²) in [7, 11) is 0. The van der Waals surface area contributed by atoms with Crippen LogP contribution >= 0.6 is 28.6 Å². The van der Waals surface area contributed by atoms with E-state index >= 15 is 0 Å². The Morgan fingerprint density at radius 2 is 1.79 bits per heavy atom. The minimum atomic E-state index is -0.176. The number of thiol groups is 1. The number of hydrogen-bond donors (Lipinski definition) is 1. The van der Waals surface area contributed by atoms with Gasteiger partial charge in [-0.1, -0.05) is 40.2 Å². The smallest absolute Gasteiger partial charge is 0.190 e. The van der Waals surface area contributed by atoms with E-state index in [0.29, 0.717) is 17.3 Å². The molecule has 0 amide bonds. The predicted octanol–water partition coefficient (Wildman–Crippen LogP) is 2.26. The van der Waals surface area contributed by atoms with Gasteiger partial charge in [-0.3, -0.25) is 9.59 Å². The van der Waals surface area contributed by atoms with E-state index in [1.54, 1.807) is 24.3 Å². The number of carbonyl (C=O) groups is 2. The van der Waals surface area contributed by atoms with Crippen LogP contribution in [0.1, 0.15) is 15.9 Å². The lowest BCUT2D eigenvalue weighted by Gasteiger charge is -1.99. The Morgan fingerprint density at radius 1 is 1.21 bits per heavy atom. The second-order valence-corrected chi connectivity index (χ2v) is 3.88. The Balaban J connectivity index is 2.78. The molecule has 0 aliphatic carbocycles. The van der Waals surface area contributed by atoms with E-state index in [1.807, 2.05) is 0 Å². The molecule has 0 saturated heterocycles. The first kappa shape index (κ1) is 11.5. The van der Waals surface area contributed by atoms with Crippen LogP contribution in [0.25, 0.3) is 0 Å². The molecule has 0 saturated carbocycles. The van der Waals surface area contributed by atoms with Gasteiger partial charge in [-0.15, -0.1) is 12.6 Å². The Labute approximate surface area is 96.2 Å². The molecule has 74 valence electrons. The molecular formula is C10H9BrO2S. The van der Waals surface area contributed by atoms with Crippen LogP contribution in [-0.4, -0.2) is 16.2 Å². The van der Waals surface area contributed by atoms with E-state index < -0.39 is 0 Å². The van der Waals surface area contributed by atoms with Gasteiger partial charge in [0.05, 0.1) is 5.33 Å². The Kier molecular flexibility index (Phi) is 4.35. The van der Waals surface area contributed by atoms with Crippen molar-refractivity contribution in [1.82, 2.24) is 0 Å². The first-order chi connectivity index (χ1) is 6.63. The van der Waals surface area contributed by atoms with E-state index in [4.69, 9.17) is 0 Å². The molecule has 14 heavy (non-hydrogen) atoms. The summed E-state index contributed by atoms with van der Waals surface area (Å²) >= 11 is 6.78. The molecule has 0 unspecified atom stereocenters. The first-order valence-corrected chi connectivity index (χ1v) is 5.60. The van der Waals surface area contributed by atoms with Crippen molar-refractivity contribution < 1.29 is 9.59 Å². The van der Waals surface area contributed by atoms with Gasteiger partial charge in [0.25, 0.3) is 0 Å². The summed E-state index contributed by atoms with van der Waals surface area (Å²) in [4.78, 5) is 21.9. The second kappa shape index (κ2) is 5.32. The second-order valence-electron chi connectivity index (χ2n) is 2.82. The van der Waals surface area contributed by atoms with Crippen molar-refractivity contribution in [2.24, 2.45) is 0 Å². The van der Waals surface area contributed by atoms with Crippen molar-refractivity contribution >= 4 is 39.5 Å². The van der Waals surface area contributed by atoms with E-state index in [2.05, 4.69) is 28.6 Å². The van der Waals surface area contributed by atoms with Crippen molar-refractivity contribution in [2.45, 2.75) is 6.42 Å². The molecule has 0 aromatic heterocycles. The number of carbonyl (C=O) groups excluding carboxylic acids is 2. The molecule has 0 radical (unpaired) electrons. The fourth-order valence-electron chi connectivity index (χ4n) is 1.06. The fraction of sp³-hybridized carbons (Fsp3) is 0.200. The summed E-state index contributed by atoms with van der Waals surface area (Å²) in [5.41, 5.74) is 1.52. The molecule has 0 spiro atoms. The molecule has 0 atom stereocenters. The third kappa shape index (κ3) is 3.27. The van der Waals surface area contributed by atoms with Crippen molar-refractivity contribution in [3.8, 4) is 0 Å². The number of rotatable bonds is 4. The zero-order valence-corrected chi connectivity index (χ0v) is 9.85. The van der Waals surface area contributed by atoms with Crippen molar-refractivity contribution in [2.75, 3.05) is 5.33 Å². The summed E-state index contributed by atoms with van der Waals surface area (Å²) in [6.07, 6.45) is 0.298. The SMILES string of the molecule is O=C(S)Cc1ccc(C(=O)CBr)cc1. The van der Waals surface area contributed by atoms with Gasteiger partial charge in [-0.05, 0) is 5.56 Å². The topological polar surface area (TPSA) is 34.1 Å². The lowest BCUT2D eigenvalue weighted by Crippen LogP contribution is -2.00. The molecule has 0 heterocycles. The van der Waals surface area contributed by atoms with Crippen LogP contribution in [0.15, 0.2) is 24.3 Å². The highest BCUT2D eigenvalue weighted by Gasteiger charge is 2.04. The fourth-order valence-corrected chi connectivity index (χ4v) is 1.57. The van der Waals surface area contributed by atoms with Gasteiger partial charge in [0.2, 0.25) is 0 Å². The maximum Gasteiger partial charge on any atom is 0.190 e. The largest absolute Gasteiger partial charge is 0.293 e. The average molecular weight is 273 g/mol. The number of alkyl halides is 1. The summed E-state index contributed by atoms with van der Waals surface area (Å²) in [5, 5.41) is 0.141. The molecule has 0 aliphatic heterocycles. The summed E-state index contributed by atoms with van der Waals surface area (Å²) in [6.45, 7) is 0. The standard InChI is InChI=1S/C10H9BrO2S/c11-6-9(12)8-3-1-7(2-4-8)5-10(13)14/h1-4H,5-6H2,(H,13,14). The molecule has 1 aromatic carbocycles. The van der Waals surface area contributed by atoms with Gasteiger partial charge < -0.3 is 0 Å². The van der Waals surface area contributed by atoms with Crippen LogP contribution in [-0.2, 0) is 11.2 Å². The Hall–Kier alpha value is -0.610. The van der Waals surface area contributed by atoms with Crippen LogP contribution in [0.5, 0.6) is 0 Å². The summed E-state index contributed by atoms with van der Waals surface area (Å²) < 4.78 is 0. The zero-order valence-electron chi connectivity index (χ0n) is 7.37. The van der Waals surface area contributed by atoms with Crippen LogP contribution in [0.3, 0.4) is 0 Å². The van der Waals surface area contributed by atoms with Crippen molar-refractivity contribution in [1.29, 1.82) is 0 Å². The number of hydrogen-bond acceptors (Lipinski definition) is 2. The quantitative estimate of drug-likeness (QED) is 0.518. The summed E-state index contributed by atoms with van der Waals surface area (Å²) in [5.74, 6) is 0.0359. The molecule has 0 aliphatic rings. The number of benzene rings is 1. The molecule has 1 rings (SSSR count). The van der Waals surface area contributed by atoms with Gasteiger partial charge >= 0.3 is 0 Å². The normalized spacial score (nSPS) is 9.86. The van der Waals surface area contributed by atoms with Gasteiger partial charge in [-0.25, -0.2) is 0 Å². The molecule has 0 fully saturated rings. The molecule has 2 nitrogen and oxygen atoms in total. The highest BCUT2D eigenvalue weighted by atomic mass is 79.9. The van der Waals surface area contributed by atoms with E-state index in [1.165, 1.54) is 0 Å². The van der Waals surface area contributed by atoms with Crippen molar-refractivity contribution in [3.63, 3.8) is 0 Å². The van der Waals surface area contributed by atoms with E-state index in [0.717, 1.165) is 5.56 Å². The Morgan fingerprint density at radius 3 is 2.21 bits per heavy atom. The molecular weight excluding hydrogens is 264 g/mol. The predicted molar refractivity (Wildman–Crippen MR) is 62.3 cm³/mol. The Bertz CT molecular complexity index is 346. The molecule has 0 bridgehead atoms. The maximum atomic E-state index is 11.2. The van der Waals surface area contributed by atoms with Gasteiger partial charge in [0.1, 0.15) is 0 Å². The minimum Gasteiger partial charge on any atom is -0.293 e. The maximum absolute atomic E-state index is 11.2. The lowest BCUT2D eigenvalue weighted by molar-refractivity contribution is -0.110. The third-order valence-electron chi connectivity index (χ3n) is 1.75. The van der Waals surface area contributed by atoms with Crippen LogP contribution in [0.4, 0.5) is 0 Å². The van der Waals surface area contributed by atoms with Crippen LogP contribution in [0, 0.1) is 0 Å². The number of Topliss-reactive ketones (excluding diaryl/α,β-unsaturated/α-hetero) is 1. The molecule has 0 N–H and O–H groups in total. The van der Waals surface area contributed by atoms with Crippen molar-refractivity contribution in [3.05, 3.63) is 35.4 Å². The van der Waals surface area contributed by atoms with Gasteiger partial charge in [0, 0.05) is 12.0 Å². The highest BCUT2D eigenvalue weighted by Crippen LogP contribution is 2.08. The zero-order chi connectivity index (χ0) is 10.6. The van der Waals surface area contributed by atoms with E-state index in [-0.39, 0.29) is 10.9 Å². The average Bonchev–Trinajstić information content (AvgIpc) is 2.17. The lowest BCUT2D eigenvalue weighted by atomic mass is 10.1. The molecule has 4 heteroatoms. The van der Waals surface area contributed by atoms with Crippen LogP contribution in [0.2, 0.25) is 0 Å². The monoisotopic (exact) mass is 272 g/mol. The molecule has 1 aromatic rings.